The van der Waals surface area contributed by atoms with Crippen molar-refractivity contribution in [3.63, 3.8) is 0 Å². The molecule has 2 rings (SSSR count). The molecule has 110 valence electrons. The van der Waals surface area contributed by atoms with E-state index >= 15 is 0 Å². The highest BCUT2D eigenvalue weighted by atomic mass is 35.5. The zero-order valence-electron chi connectivity index (χ0n) is 11.1. The van der Waals surface area contributed by atoms with Crippen LogP contribution in [0.15, 0.2) is 24.3 Å². The molecule has 1 aromatic carbocycles. The molecule has 0 saturated carbocycles. The molecule has 1 aromatic rings. The highest BCUT2D eigenvalue weighted by Gasteiger charge is 2.17. The molecule has 0 spiro atoms. The van der Waals surface area contributed by atoms with Crippen molar-refractivity contribution in [3.05, 3.63) is 29.3 Å². The lowest BCUT2D eigenvalue weighted by Crippen LogP contribution is -2.49. The molecule has 1 fully saturated rings. The van der Waals surface area contributed by atoms with Gasteiger partial charge in [-0.05, 0) is 31.2 Å². The summed E-state index contributed by atoms with van der Waals surface area (Å²) in [6.45, 7) is 7.36. The number of rotatable bonds is 3. The molecule has 1 atom stereocenters. The molecule has 0 amide bonds. The van der Waals surface area contributed by atoms with Gasteiger partial charge in [0.15, 0.2) is 0 Å². The summed E-state index contributed by atoms with van der Waals surface area (Å²) >= 11 is 5.89. The first kappa shape index (κ1) is 18.8. The average molecular weight is 327 g/mol. The summed E-state index contributed by atoms with van der Waals surface area (Å²) in [4.78, 5) is 4.82. The molecule has 0 bridgehead atoms. The third kappa shape index (κ3) is 5.76. The first-order chi connectivity index (χ1) is 8.15. The fraction of sp³-hybridized carbons (Fsp3) is 0.538. The van der Waals surface area contributed by atoms with Crippen LogP contribution in [0.3, 0.4) is 0 Å². The topological polar surface area (TPSA) is 32.5 Å². The SMILES string of the molecule is CC(N)CN1CCN(c2ccc(Cl)cc2)CC1.Cl.Cl. The van der Waals surface area contributed by atoms with E-state index < -0.39 is 0 Å². The van der Waals surface area contributed by atoms with Crippen LogP contribution in [0.4, 0.5) is 5.69 Å². The van der Waals surface area contributed by atoms with Gasteiger partial charge < -0.3 is 10.6 Å². The first-order valence-electron chi connectivity index (χ1n) is 6.13. The van der Waals surface area contributed by atoms with Crippen molar-refractivity contribution < 1.29 is 0 Å². The van der Waals surface area contributed by atoms with Gasteiger partial charge in [0.05, 0.1) is 0 Å². The fourth-order valence-corrected chi connectivity index (χ4v) is 2.37. The molecular formula is C13H22Cl3N3. The van der Waals surface area contributed by atoms with Crippen LogP contribution < -0.4 is 10.6 Å². The Kier molecular flexibility index (Phi) is 8.79. The van der Waals surface area contributed by atoms with Gasteiger partial charge in [-0.2, -0.15) is 0 Å². The van der Waals surface area contributed by atoms with E-state index in [-0.39, 0.29) is 30.9 Å². The van der Waals surface area contributed by atoms with Gasteiger partial charge >= 0.3 is 0 Å². The Balaban J connectivity index is 0.00000162. The molecule has 1 saturated heterocycles. The van der Waals surface area contributed by atoms with E-state index in [4.69, 9.17) is 17.3 Å². The van der Waals surface area contributed by atoms with E-state index in [9.17, 15) is 0 Å². The Labute approximate surface area is 132 Å². The fourth-order valence-electron chi connectivity index (χ4n) is 2.25. The average Bonchev–Trinajstić information content (AvgIpc) is 2.30. The van der Waals surface area contributed by atoms with Crippen LogP contribution in [0.1, 0.15) is 6.92 Å². The number of nitrogens with zero attached hydrogens (tertiary/aromatic N) is 2. The maximum atomic E-state index is 5.89. The quantitative estimate of drug-likeness (QED) is 0.927. The van der Waals surface area contributed by atoms with E-state index in [2.05, 4.69) is 28.9 Å². The molecule has 2 N–H and O–H groups in total. The van der Waals surface area contributed by atoms with Gasteiger partial charge in [-0.3, -0.25) is 4.90 Å². The molecule has 0 radical (unpaired) electrons. The number of benzene rings is 1. The predicted molar refractivity (Wildman–Crippen MR) is 88.3 cm³/mol. The van der Waals surface area contributed by atoms with Gasteiger partial charge in [0.1, 0.15) is 0 Å². The standard InChI is InChI=1S/C13H20ClN3.2ClH/c1-11(15)10-16-6-8-17(9-7-16)13-4-2-12(14)3-5-13;;/h2-5,11H,6-10,15H2,1H3;2*1H. The normalized spacial score (nSPS) is 17.3. The van der Waals surface area contributed by atoms with Gasteiger partial charge in [0.2, 0.25) is 0 Å². The Hall–Kier alpha value is -0.190. The lowest BCUT2D eigenvalue weighted by molar-refractivity contribution is 0.247. The third-order valence-electron chi connectivity index (χ3n) is 3.11. The maximum absolute atomic E-state index is 5.89. The highest BCUT2D eigenvalue weighted by molar-refractivity contribution is 6.30. The Morgan fingerprint density at radius 2 is 1.63 bits per heavy atom. The molecule has 0 aliphatic carbocycles. The van der Waals surface area contributed by atoms with Gasteiger partial charge in [0, 0.05) is 49.5 Å². The van der Waals surface area contributed by atoms with Crippen molar-refractivity contribution in [2.24, 2.45) is 5.73 Å². The summed E-state index contributed by atoms with van der Waals surface area (Å²) in [5.41, 5.74) is 7.07. The van der Waals surface area contributed by atoms with E-state index in [0.717, 1.165) is 37.7 Å². The minimum atomic E-state index is 0. The third-order valence-corrected chi connectivity index (χ3v) is 3.36. The second-order valence-electron chi connectivity index (χ2n) is 4.74. The van der Waals surface area contributed by atoms with Crippen molar-refractivity contribution in [3.8, 4) is 0 Å². The van der Waals surface area contributed by atoms with Crippen LogP contribution in [0.5, 0.6) is 0 Å². The summed E-state index contributed by atoms with van der Waals surface area (Å²) in [7, 11) is 0. The summed E-state index contributed by atoms with van der Waals surface area (Å²) in [5, 5.41) is 0.796. The van der Waals surface area contributed by atoms with Crippen molar-refractivity contribution in [1.82, 2.24) is 4.90 Å². The number of hydrogen-bond donors (Lipinski definition) is 1. The van der Waals surface area contributed by atoms with Crippen LogP contribution in [-0.2, 0) is 0 Å². The van der Waals surface area contributed by atoms with E-state index in [1.54, 1.807) is 0 Å². The second-order valence-corrected chi connectivity index (χ2v) is 5.18. The zero-order valence-corrected chi connectivity index (χ0v) is 13.5. The minimum absolute atomic E-state index is 0. The van der Waals surface area contributed by atoms with Crippen LogP contribution in [0.2, 0.25) is 5.02 Å². The molecule has 1 aliphatic rings. The Morgan fingerprint density at radius 3 is 2.11 bits per heavy atom. The van der Waals surface area contributed by atoms with E-state index in [1.807, 2.05) is 12.1 Å². The molecule has 0 aromatic heterocycles. The van der Waals surface area contributed by atoms with Crippen molar-refractivity contribution in [2.75, 3.05) is 37.6 Å². The van der Waals surface area contributed by atoms with Gasteiger partial charge in [-0.25, -0.2) is 0 Å². The molecule has 1 heterocycles. The molecule has 1 unspecified atom stereocenters. The van der Waals surface area contributed by atoms with Gasteiger partial charge in [-0.1, -0.05) is 11.6 Å². The van der Waals surface area contributed by atoms with Crippen molar-refractivity contribution in [2.45, 2.75) is 13.0 Å². The summed E-state index contributed by atoms with van der Waals surface area (Å²) < 4.78 is 0. The summed E-state index contributed by atoms with van der Waals surface area (Å²) in [6, 6.07) is 8.33. The lowest BCUT2D eigenvalue weighted by atomic mass is 10.2. The monoisotopic (exact) mass is 325 g/mol. The lowest BCUT2D eigenvalue weighted by Gasteiger charge is -2.36. The highest BCUT2D eigenvalue weighted by Crippen LogP contribution is 2.19. The molecule has 6 heteroatoms. The van der Waals surface area contributed by atoms with Crippen molar-refractivity contribution >= 4 is 42.1 Å². The first-order valence-corrected chi connectivity index (χ1v) is 6.51. The molecule has 3 nitrogen and oxygen atoms in total. The number of halogens is 3. The van der Waals surface area contributed by atoms with Crippen molar-refractivity contribution in [1.29, 1.82) is 0 Å². The Morgan fingerprint density at radius 1 is 1.11 bits per heavy atom. The van der Waals surface area contributed by atoms with Gasteiger partial charge in [0.25, 0.3) is 0 Å². The number of hydrogen-bond acceptors (Lipinski definition) is 3. The Bertz CT molecular complexity index is 349. The van der Waals surface area contributed by atoms with Gasteiger partial charge in [-0.15, -0.1) is 24.8 Å². The van der Waals surface area contributed by atoms with Crippen LogP contribution >= 0.6 is 36.4 Å². The molecule has 19 heavy (non-hydrogen) atoms. The minimum Gasteiger partial charge on any atom is -0.369 e. The largest absolute Gasteiger partial charge is 0.369 e. The van der Waals surface area contributed by atoms with Crippen LogP contribution in [0, 0.1) is 0 Å². The van der Waals surface area contributed by atoms with Crippen LogP contribution in [-0.4, -0.2) is 43.7 Å². The predicted octanol–water partition coefficient (Wildman–Crippen LogP) is 2.65. The maximum Gasteiger partial charge on any atom is 0.0407 e. The summed E-state index contributed by atoms with van der Waals surface area (Å²) in [5.74, 6) is 0. The van der Waals surface area contributed by atoms with E-state index in [1.165, 1.54) is 5.69 Å². The zero-order chi connectivity index (χ0) is 12.3. The molecule has 1 aliphatic heterocycles. The number of piperazine rings is 1. The second kappa shape index (κ2) is 8.88. The number of anilines is 1. The summed E-state index contributed by atoms with van der Waals surface area (Å²) in [6.07, 6.45) is 0. The van der Waals surface area contributed by atoms with Crippen LogP contribution in [0.25, 0.3) is 0 Å². The smallest absolute Gasteiger partial charge is 0.0407 e. The van der Waals surface area contributed by atoms with E-state index in [0.29, 0.717) is 0 Å². The molecular weight excluding hydrogens is 305 g/mol. The number of nitrogens with two attached hydrogens (primary N) is 1.